The van der Waals surface area contributed by atoms with E-state index in [2.05, 4.69) is 27.2 Å². The first-order chi connectivity index (χ1) is 9.31. The predicted octanol–water partition coefficient (Wildman–Crippen LogP) is 3.33. The Balaban J connectivity index is 5.81. The Kier molecular flexibility index (Phi) is 6.34. The number of nitrogens with zero attached hydrogens (tertiary/aromatic N) is 1. The minimum absolute atomic E-state index is 0.318. The van der Waals surface area contributed by atoms with Crippen molar-refractivity contribution in [1.29, 1.82) is 0 Å². The number of alkyl halides is 3. The van der Waals surface area contributed by atoms with Gasteiger partial charge in [-0.15, -0.1) is 6.58 Å². The molecule has 21 heavy (non-hydrogen) atoms. The van der Waals surface area contributed by atoms with E-state index in [0.717, 1.165) is 14.0 Å². The molecule has 0 spiro atoms. The van der Waals surface area contributed by atoms with Crippen molar-refractivity contribution in [2.45, 2.75) is 43.7 Å². The minimum Gasteiger partial charge on any atom is -0.467 e. The Morgan fingerprint density at radius 3 is 2.05 bits per heavy atom. The van der Waals surface area contributed by atoms with Gasteiger partial charge < -0.3 is 9.47 Å². The fraction of sp³-hybridized carbons (Fsp3) is 0.692. The summed E-state index contributed by atoms with van der Waals surface area (Å²) in [4.78, 5) is 20.9. The van der Waals surface area contributed by atoms with E-state index in [1.165, 1.54) is 6.08 Å². The van der Waals surface area contributed by atoms with Gasteiger partial charge in [0.25, 0.3) is 0 Å². The van der Waals surface area contributed by atoms with Crippen molar-refractivity contribution >= 4 is 28.0 Å². The van der Waals surface area contributed by atoms with Crippen LogP contribution in [-0.2, 0) is 14.3 Å². The van der Waals surface area contributed by atoms with E-state index < -0.39 is 28.0 Å². The molecule has 0 aromatic rings. The first-order valence-electron chi connectivity index (χ1n) is 6.08. The van der Waals surface area contributed by atoms with Gasteiger partial charge in [0.2, 0.25) is 5.54 Å². The molecule has 122 valence electrons. The number of methoxy groups -OCH3 is 1. The molecule has 1 amide bonds. The van der Waals surface area contributed by atoms with Gasteiger partial charge in [-0.2, -0.15) is 8.78 Å². The molecular weight excluding hydrogens is 352 g/mol. The third-order valence-electron chi connectivity index (χ3n) is 2.60. The highest BCUT2D eigenvalue weighted by molar-refractivity contribution is 9.10. The van der Waals surface area contributed by atoms with Crippen molar-refractivity contribution in [1.82, 2.24) is 4.90 Å². The van der Waals surface area contributed by atoms with Crippen LogP contribution in [0.5, 0.6) is 0 Å². The van der Waals surface area contributed by atoms with Gasteiger partial charge >= 0.3 is 16.9 Å². The fourth-order valence-electron chi connectivity index (χ4n) is 1.46. The zero-order chi connectivity index (χ0) is 17.1. The highest BCUT2D eigenvalue weighted by atomic mass is 79.9. The molecule has 0 aromatic heterocycles. The van der Waals surface area contributed by atoms with E-state index in [-0.39, 0.29) is 6.54 Å². The summed E-state index contributed by atoms with van der Waals surface area (Å²) in [5.41, 5.74) is -3.49. The van der Waals surface area contributed by atoms with Crippen LogP contribution in [0.1, 0.15) is 27.7 Å². The maximum Gasteiger partial charge on any atom is 0.411 e. The summed E-state index contributed by atoms with van der Waals surface area (Å²) in [6.45, 7) is 8.72. The minimum atomic E-state index is -3.73. The SMILES string of the molecule is C=CCN(C(=O)OC(C)(C)C)C(C)(C(=O)OC)C(F)(F)Br. The number of ether oxygens (including phenoxy) is 2. The topological polar surface area (TPSA) is 55.8 Å². The van der Waals surface area contributed by atoms with E-state index in [0.29, 0.717) is 4.90 Å². The van der Waals surface area contributed by atoms with Gasteiger partial charge in [-0.05, 0) is 43.6 Å². The Morgan fingerprint density at radius 2 is 1.76 bits per heavy atom. The highest BCUT2D eigenvalue weighted by Gasteiger charge is 2.61. The van der Waals surface area contributed by atoms with Gasteiger partial charge in [-0.3, -0.25) is 4.90 Å². The van der Waals surface area contributed by atoms with Crippen LogP contribution < -0.4 is 0 Å². The van der Waals surface area contributed by atoms with Crippen LogP contribution in [0.15, 0.2) is 12.7 Å². The van der Waals surface area contributed by atoms with Gasteiger partial charge in [0, 0.05) is 6.54 Å². The highest BCUT2D eigenvalue weighted by Crippen LogP contribution is 2.40. The van der Waals surface area contributed by atoms with Crippen LogP contribution in [0.25, 0.3) is 0 Å². The molecule has 0 saturated heterocycles. The van der Waals surface area contributed by atoms with Gasteiger partial charge in [-0.1, -0.05) is 6.08 Å². The zero-order valence-corrected chi connectivity index (χ0v) is 14.3. The van der Waals surface area contributed by atoms with Crippen LogP contribution in [0.4, 0.5) is 13.6 Å². The quantitative estimate of drug-likeness (QED) is 0.422. The third kappa shape index (κ3) is 4.66. The molecule has 1 atom stereocenters. The first kappa shape index (κ1) is 19.8. The summed E-state index contributed by atoms with van der Waals surface area (Å²) in [6, 6.07) is 0. The number of carbonyl (C=O) groups excluding carboxylic acids is 2. The van der Waals surface area contributed by atoms with Gasteiger partial charge in [-0.25, -0.2) is 9.59 Å². The molecule has 0 radical (unpaired) electrons. The van der Waals surface area contributed by atoms with Gasteiger partial charge in [0.05, 0.1) is 7.11 Å². The number of carbonyl (C=O) groups is 2. The number of hydrogen-bond acceptors (Lipinski definition) is 4. The van der Waals surface area contributed by atoms with E-state index >= 15 is 0 Å². The maximum absolute atomic E-state index is 13.9. The van der Waals surface area contributed by atoms with Gasteiger partial charge in [0.1, 0.15) is 5.60 Å². The van der Waals surface area contributed by atoms with Crippen LogP contribution in [0.2, 0.25) is 0 Å². The molecule has 0 fully saturated rings. The average molecular weight is 372 g/mol. The lowest BCUT2D eigenvalue weighted by Gasteiger charge is -2.40. The van der Waals surface area contributed by atoms with Crippen LogP contribution in [0.3, 0.4) is 0 Å². The van der Waals surface area contributed by atoms with Crippen LogP contribution >= 0.6 is 15.9 Å². The fourth-order valence-corrected chi connectivity index (χ4v) is 1.84. The van der Waals surface area contributed by atoms with Crippen molar-refractivity contribution in [3.8, 4) is 0 Å². The summed E-state index contributed by atoms with van der Waals surface area (Å²) in [7, 11) is 0.959. The van der Waals surface area contributed by atoms with Gasteiger partial charge in [0.15, 0.2) is 0 Å². The summed E-state index contributed by atoms with van der Waals surface area (Å²) in [6.07, 6.45) is 0.138. The number of rotatable bonds is 5. The van der Waals surface area contributed by atoms with Crippen molar-refractivity contribution < 1.29 is 27.8 Å². The molecule has 1 unspecified atom stereocenters. The van der Waals surface area contributed by atoms with Crippen molar-refractivity contribution in [3.63, 3.8) is 0 Å². The number of amides is 1. The Labute approximate surface area is 131 Å². The normalized spacial score (nSPS) is 14.9. The standard InChI is InChI=1S/C13H20BrF2NO4/c1-7-8-17(10(19)21-11(2,3)4)12(5,9(18)20-6)13(14,15)16/h7H,1,8H2,2-6H3. The van der Waals surface area contributed by atoms with Crippen molar-refractivity contribution in [2.24, 2.45) is 0 Å². The molecule has 8 heteroatoms. The second kappa shape index (κ2) is 6.72. The Bertz CT molecular complexity index is 417. The molecule has 0 rings (SSSR count). The molecule has 0 aliphatic rings. The molecule has 0 aliphatic heterocycles. The second-order valence-corrected chi connectivity index (χ2v) is 6.44. The molecule has 0 bridgehead atoms. The Hall–Kier alpha value is -1.18. The third-order valence-corrected chi connectivity index (χ3v) is 3.37. The molecular formula is C13H20BrF2NO4. The molecule has 0 N–H and O–H groups in total. The van der Waals surface area contributed by atoms with Crippen molar-refractivity contribution in [2.75, 3.05) is 13.7 Å². The lowest BCUT2D eigenvalue weighted by Crippen LogP contribution is -2.64. The molecule has 5 nitrogen and oxygen atoms in total. The maximum atomic E-state index is 13.9. The van der Waals surface area contributed by atoms with Crippen molar-refractivity contribution in [3.05, 3.63) is 12.7 Å². The number of esters is 1. The largest absolute Gasteiger partial charge is 0.467 e. The summed E-state index contributed by atoms with van der Waals surface area (Å²) >= 11 is 2.14. The molecule has 0 saturated carbocycles. The van der Waals surface area contributed by atoms with E-state index in [4.69, 9.17) is 4.74 Å². The average Bonchev–Trinajstić information content (AvgIpc) is 2.30. The lowest BCUT2D eigenvalue weighted by atomic mass is 10.0. The van der Waals surface area contributed by atoms with Crippen LogP contribution in [-0.4, -0.2) is 46.6 Å². The van der Waals surface area contributed by atoms with E-state index in [1.54, 1.807) is 20.8 Å². The smallest absolute Gasteiger partial charge is 0.411 e. The number of halogens is 3. The van der Waals surface area contributed by atoms with E-state index in [9.17, 15) is 18.4 Å². The first-order valence-corrected chi connectivity index (χ1v) is 6.87. The molecule has 0 aromatic carbocycles. The second-order valence-electron chi connectivity index (χ2n) is 5.44. The Morgan fingerprint density at radius 1 is 1.29 bits per heavy atom. The predicted molar refractivity (Wildman–Crippen MR) is 77.4 cm³/mol. The lowest BCUT2D eigenvalue weighted by molar-refractivity contribution is -0.167. The van der Waals surface area contributed by atoms with Crippen LogP contribution in [0, 0.1) is 0 Å². The van der Waals surface area contributed by atoms with E-state index in [1.807, 2.05) is 0 Å². The summed E-state index contributed by atoms with van der Waals surface area (Å²) < 4.78 is 37.3. The summed E-state index contributed by atoms with van der Waals surface area (Å²) in [5.74, 6) is -1.28. The molecule has 0 heterocycles. The number of hydrogen-bond donors (Lipinski definition) is 0. The monoisotopic (exact) mass is 371 g/mol. The summed E-state index contributed by atoms with van der Waals surface area (Å²) in [5, 5.41) is 0. The molecule has 0 aliphatic carbocycles. The zero-order valence-electron chi connectivity index (χ0n) is 12.7.